The number of allylic oxidation sites excluding steroid dienone is 12. The van der Waals surface area contributed by atoms with Crippen LogP contribution in [-0.2, 0) is 28.6 Å². The average Bonchev–Trinajstić information content (AvgIpc) is 3.45. The Labute approximate surface area is 491 Å². The molecule has 0 amide bonds. The summed E-state index contributed by atoms with van der Waals surface area (Å²) in [6.45, 7) is 6.50. The molecular weight excluding hydrogens is 973 g/mol. The van der Waals surface area contributed by atoms with E-state index in [1.165, 1.54) is 205 Å². The molecule has 0 aromatic carbocycles. The third kappa shape index (κ3) is 65.5. The molecule has 0 aliphatic heterocycles. The van der Waals surface area contributed by atoms with Gasteiger partial charge in [-0.3, -0.25) is 14.4 Å². The molecule has 0 spiro atoms. The summed E-state index contributed by atoms with van der Waals surface area (Å²) in [5, 5.41) is 0. The monoisotopic (exact) mass is 1100 g/mol. The van der Waals surface area contributed by atoms with E-state index in [1.807, 2.05) is 0 Å². The largest absolute Gasteiger partial charge is 0.462 e. The van der Waals surface area contributed by atoms with Crippen molar-refractivity contribution in [2.75, 3.05) is 13.2 Å². The fraction of sp³-hybridized carbons (Fsp3) is 0.795. The van der Waals surface area contributed by atoms with E-state index in [1.54, 1.807) is 0 Å². The van der Waals surface area contributed by atoms with Gasteiger partial charge in [-0.1, -0.05) is 299 Å². The van der Waals surface area contributed by atoms with Crippen molar-refractivity contribution in [3.8, 4) is 0 Å². The van der Waals surface area contributed by atoms with Crippen molar-refractivity contribution in [2.45, 2.75) is 361 Å². The highest BCUT2D eigenvalue weighted by Gasteiger charge is 2.19. The van der Waals surface area contributed by atoms with Gasteiger partial charge in [-0.2, -0.15) is 0 Å². The lowest BCUT2D eigenvalue weighted by molar-refractivity contribution is -0.167. The minimum absolute atomic E-state index is 0.0880. The second kappa shape index (κ2) is 67.4. The fourth-order valence-electron chi connectivity index (χ4n) is 10.0. The standard InChI is InChI=1S/C73H130O6/c1-4-7-10-13-16-19-22-25-27-28-29-30-31-32-33-34-35-36-37-38-39-40-41-42-43-44-46-48-51-54-57-60-63-66-72(75)78-69-70(68-77-71(74)65-62-59-56-53-50-47-24-21-18-15-12-9-6-3)79-73(76)67-64-61-58-55-52-49-45-26-23-20-17-14-11-8-5-2/h9,12,17-18,20-21,26,28-29,45,47,50,70H,4-8,10-11,13-16,19,22-25,27,30-44,46,48-49,51-69H2,1-3H3/b12-9-,20-17-,21-18-,29-28-,45-26-,50-47-. The van der Waals surface area contributed by atoms with E-state index in [9.17, 15) is 14.4 Å². The van der Waals surface area contributed by atoms with Crippen molar-refractivity contribution in [3.05, 3.63) is 72.9 Å². The van der Waals surface area contributed by atoms with Crippen LogP contribution in [0, 0.1) is 0 Å². The average molecular weight is 1100 g/mol. The molecule has 0 rings (SSSR count). The van der Waals surface area contributed by atoms with Gasteiger partial charge in [0.25, 0.3) is 0 Å². The summed E-state index contributed by atoms with van der Waals surface area (Å²) in [4.78, 5) is 38.3. The molecule has 1 unspecified atom stereocenters. The van der Waals surface area contributed by atoms with Gasteiger partial charge in [0.05, 0.1) is 0 Å². The molecule has 0 aliphatic rings. The van der Waals surface area contributed by atoms with Crippen molar-refractivity contribution in [1.82, 2.24) is 0 Å². The van der Waals surface area contributed by atoms with Crippen molar-refractivity contribution < 1.29 is 28.6 Å². The minimum atomic E-state index is -0.794. The normalized spacial score (nSPS) is 12.5. The SMILES string of the molecule is CC/C=C\C/C=C\C/C=C\CCCCCC(=O)OCC(COC(=O)CCCCCCCCCCCCCCCCCCCCCCC/C=C\CCCCCCCCCC)OC(=O)CCCCCCC/C=C\C/C=C\CCCCC. The van der Waals surface area contributed by atoms with Crippen LogP contribution in [0.3, 0.4) is 0 Å². The molecule has 6 heteroatoms. The minimum Gasteiger partial charge on any atom is -0.462 e. The first kappa shape index (κ1) is 75.8. The van der Waals surface area contributed by atoms with E-state index in [0.717, 1.165) is 109 Å². The van der Waals surface area contributed by atoms with Gasteiger partial charge >= 0.3 is 17.9 Å². The van der Waals surface area contributed by atoms with Crippen LogP contribution in [0.25, 0.3) is 0 Å². The Hall–Kier alpha value is -3.15. The van der Waals surface area contributed by atoms with Crippen LogP contribution >= 0.6 is 0 Å². The maximum absolute atomic E-state index is 12.9. The van der Waals surface area contributed by atoms with E-state index >= 15 is 0 Å². The number of hydrogen-bond acceptors (Lipinski definition) is 6. The number of unbranched alkanes of at least 4 members (excludes halogenated alkanes) is 40. The molecule has 0 bridgehead atoms. The number of esters is 3. The predicted molar refractivity (Wildman–Crippen MR) is 344 cm³/mol. The van der Waals surface area contributed by atoms with Gasteiger partial charge in [0.15, 0.2) is 6.10 Å². The highest BCUT2D eigenvalue weighted by Crippen LogP contribution is 2.18. The smallest absolute Gasteiger partial charge is 0.306 e. The predicted octanol–water partition coefficient (Wildman–Crippen LogP) is 23.7. The zero-order valence-electron chi connectivity index (χ0n) is 52.6. The molecule has 0 N–H and O–H groups in total. The number of rotatable bonds is 63. The second-order valence-electron chi connectivity index (χ2n) is 23.1. The van der Waals surface area contributed by atoms with Gasteiger partial charge in [-0.05, 0) is 109 Å². The van der Waals surface area contributed by atoms with Gasteiger partial charge in [-0.15, -0.1) is 0 Å². The first-order valence-corrected chi connectivity index (χ1v) is 34.4. The molecule has 458 valence electrons. The lowest BCUT2D eigenvalue weighted by Crippen LogP contribution is -2.30. The van der Waals surface area contributed by atoms with Crippen molar-refractivity contribution in [3.63, 3.8) is 0 Å². The summed E-state index contributed by atoms with van der Waals surface area (Å²) < 4.78 is 16.9. The van der Waals surface area contributed by atoms with Crippen LogP contribution in [0.5, 0.6) is 0 Å². The highest BCUT2D eigenvalue weighted by molar-refractivity contribution is 5.71. The molecule has 1 atom stereocenters. The Morgan fingerprint density at radius 2 is 0.494 bits per heavy atom. The summed E-state index contributed by atoms with van der Waals surface area (Å²) >= 11 is 0. The summed E-state index contributed by atoms with van der Waals surface area (Å²) in [7, 11) is 0. The van der Waals surface area contributed by atoms with Crippen LogP contribution < -0.4 is 0 Å². The van der Waals surface area contributed by atoms with Crippen LogP contribution in [0.4, 0.5) is 0 Å². The van der Waals surface area contributed by atoms with Crippen LogP contribution in [0.15, 0.2) is 72.9 Å². The Morgan fingerprint density at radius 1 is 0.266 bits per heavy atom. The number of hydrogen-bond donors (Lipinski definition) is 0. The Balaban J connectivity index is 4.12. The summed E-state index contributed by atoms with van der Waals surface area (Å²) in [5.74, 6) is -0.918. The number of carbonyl (C=O) groups is 3. The van der Waals surface area contributed by atoms with E-state index in [4.69, 9.17) is 14.2 Å². The third-order valence-electron chi connectivity index (χ3n) is 15.2. The van der Waals surface area contributed by atoms with Crippen LogP contribution in [0.1, 0.15) is 355 Å². The maximum Gasteiger partial charge on any atom is 0.306 e. The Bertz CT molecular complexity index is 1450. The quantitative estimate of drug-likeness (QED) is 0.0261. The maximum atomic E-state index is 12.9. The molecule has 79 heavy (non-hydrogen) atoms. The molecular formula is C73H130O6. The van der Waals surface area contributed by atoms with Gasteiger partial charge in [0.2, 0.25) is 0 Å². The summed E-state index contributed by atoms with van der Waals surface area (Å²) in [5.41, 5.74) is 0. The summed E-state index contributed by atoms with van der Waals surface area (Å²) in [6.07, 6.45) is 88.1. The lowest BCUT2D eigenvalue weighted by atomic mass is 10.0. The van der Waals surface area contributed by atoms with E-state index in [-0.39, 0.29) is 31.1 Å². The van der Waals surface area contributed by atoms with Crippen LogP contribution in [0.2, 0.25) is 0 Å². The molecule has 0 aromatic rings. The Morgan fingerprint density at radius 3 is 0.823 bits per heavy atom. The fourth-order valence-corrected chi connectivity index (χ4v) is 10.0. The van der Waals surface area contributed by atoms with E-state index < -0.39 is 6.10 Å². The molecule has 0 radical (unpaired) electrons. The van der Waals surface area contributed by atoms with Gasteiger partial charge < -0.3 is 14.2 Å². The zero-order chi connectivity index (χ0) is 57.1. The van der Waals surface area contributed by atoms with Crippen molar-refractivity contribution >= 4 is 17.9 Å². The van der Waals surface area contributed by atoms with Gasteiger partial charge in [0, 0.05) is 19.3 Å². The first-order valence-electron chi connectivity index (χ1n) is 34.4. The highest BCUT2D eigenvalue weighted by atomic mass is 16.6. The number of ether oxygens (including phenoxy) is 3. The molecule has 0 saturated heterocycles. The molecule has 0 heterocycles. The van der Waals surface area contributed by atoms with E-state index in [2.05, 4.69) is 93.7 Å². The molecule has 0 aliphatic carbocycles. The second-order valence-corrected chi connectivity index (χ2v) is 23.1. The van der Waals surface area contributed by atoms with Crippen molar-refractivity contribution in [2.24, 2.45) is 0 Å². The summed E-state index contributed by atoms with van der Waals surface area (Å²) in [6, 6.07) is 0. The number of carbonyl (C=O) groups excluding carboxylic acids is 3. The van der Waals surface area contributed by atoms with Crippen LogP contribution in [-0.4, -0.2) is 37.2 Å². The van der Waals surface area contributed by atoms with Crippen molar-refractivity contribution in [1.29, 1.82) is 0 Å². The first-order chi connectivity index (χ1) is 39.0. The van der Waals surface area contributed by atoms with E-state index in [0.29, 0.717) is 19.3 Å². The molecule has 0 fully saturated rings. The molecule has 6 nitrogen and oxygen atoms in total. The molecule has 0 saturated carbocycles. The van der Waals surface area contributed by atoms with Gasteiger partial charge in [-0.25, -0.2) is 0 Å². The topological polar surface area (TPSA) is 78.9 Å². The third-order valence-corrected chi connectivity index (χ3v) is 15.2. The zero-order valence-corrected chi connectivity index (χ0v) is 52.6. The van der Waals surface area contributed by atoms with Gasteiger partial charge in [0.1, 0.15) is 13.2 Å². The molecule has 0 aromatic heterocycles. The lowest BCUT2D eigenvalue weighted by Gasteiger charge is -2.18. The Kier molecular flexibility index (Phi) is 64.7.